The van der Waals surface area contributed by atoms with Crippen molar-refractivity contribution in [3.05, 3.63) is 23.8 Å². The molecule has 1 aromatic rings. The molecule has 0 spiro atoms. The Balaban J connectivity index is 3.23. The fraction of sp³-hybridized carbons (Fsp3) is 0.600. The second-order valence-electron chi connectivity index (χ2n) is 4.35. The Hall–Kier alpha value is -1.30. The highest BCUT2D eigenvalue weighted by Gasteiger charge is 2.28. The first-order valence-electron chi connectivity index (χ1n) is 6.73. The minimum atomic E-state index is -0.424. The lowest BCUT2D eigenvalue weighted by atomic mass is 10.0. The van der Waals surface area contributed by atoms with E-state index in [1.54, 1.807) is 28.4 Å². The number of benzene rings is 1. The van der Waals surface area contributed by atoms with Crippen molar-refractivity contribution in [2.24, 2.45) is 0 Å². The van der Waals surface area contributed by atoms with Crippen molar-refractivity contribution in [3.63, 3.8) is 0 Å². The maximum absolute atomic E-state index is 5.46. The van der Waals surface area contributed by atoms with Gasteiger partial charge in [-0.2, -0.15) is 0 Å². The lowest BCUT2D eigenvalue weighted by molar-refractivity contribution is -0.124. The van der Waals surface area contributed by atoms with Gasteiger partial charge < -0.3 is 24.3 Å². The minimum absolute atomic E-state index is 0.170. The highest BCUT2D eigenvalue weighted by atomic mass is 16.7. The van der Waals surface area contributed by atoms with Crippen molar-refractivity contribution >= 4 is 0 Å². The molecule has 0 aromatic heterocycles. The molecule has 0 saturated carbocycles. The zero-order valence-electron chi connectivity index (χ0n) is 12.9. The third kappa shape index (κ3) is 3.85. The summed E-state index contributed by atoms with van der Waals surface area (Å²) in [7, 11) is 6.53. The van der Waals surface area contributed by atoms with E-state index in [2.05, 4.69) is 12.2 Å². The fourth-order valence-electron chi connectivity index (χ4n) is 2.19. The zero-order chi connectivity index (χ0) is 15.0. The summed E-state index contributed by atoms with van der Waals surface area (Å²) in [6.45, 7) is 2.95. The standard InChI is InChI=1S/C15H25NO4/c1-6-10-16-14(15(19-4)20-5)13-11(17-2)8-7-9-12(13)18-3/h7-9,14-16H,6,10H2,1-5H3. The van der Waals surface area contributed by atoms with Crippen LogP contribution in [0, 0.1) is 0 Å². The van der Waals surface area contributed by atoms with E-state index in [0.717, 1.165) is 30.0 Å². The molecule has 0 radical (unpaired) electrons. The van der Waals surface area contributed by atoms with Crippen LogP contribution in [0.15, 0.2) is 18.2 Å². The quantitative estimate of drug-likeness (QED) is 0.705. The largest absolute Gasteiger partial charge is 0.496 e. The third-order valence-corrected chi connectivity index (χ3v) is 3.13. The smallest absolute Gasteiger partial charge is 0.176 e. The van der Waals surface area contributed by atoms with E-state index in [-0.39, 0.29) is 6.04 Å². The maximum Gasteiger partial charge on any atom is 0.176 e. The molecule has 0 amide bonds. The Bertz CT molecular complexity index is 371. The Labute approximate surface area is 121 Å². The Morgan fingerprint density at radius 3 is 1.95 bits per heavy atom. The molecule has 1 rings (SSSR count). The first kappa shape index (κ1) is 16.8. The lowest BCUT2D eigenvalue weighted by Gasteiger charge is -2.28. The highest BCUT2D eigenvalue weighted by molar-refractivity contribution is 5.47. The zero-order valence-corrected chi connectivity index (χ0v) is 12.9. The molecule has 1 atom stereocenters. The molecule has 0 fully saturated rings. The van der Waals surface area contributed by atoms with Gasteiger partial charge in [0.25, 0.3) is 0 Å². The summed E-state index contributed by atoms with van der Waals surface area (Å²) in [4.78, 5) is 0. The summed E-state index contributed by atoms with van der Waals surface area (Å²) >= 11 is 0. The number of methoxy groups -OCH3 is 4. The van der Waals surface area contributed by atoms with Gasteiger partial charge in [0.05, 0.1) is 25.8 Å². The van der Waals surface area contributed by atoms with Crippen LogP contribution in [0.3, 0.4) is 0 Å². The van der Waals surface area contributed by atoms with E-state index in [1.807, 2.05) is 18.2 Å². The van der Waals surface area contributed by atoms with Gasteiger partial charge >= 0.3 is 0 Å². The van der Waals surface area contributed by atoms with Crippen LogP contribution in [0.5, 0.6) is 11.5 Å². The molecule has 1 unspecified atom stereocenters. The summed E-state index contributed by atoms with van der Waals surface area (Å²) in [6, 6.07) is 5.53. The molecule has 0 aliphatic heterocycles. The predicted octanol–water partition coefficient (Wildman–Crippen LogP) is 2.36. The Morgan fingerprint density at radius 2 is 1.55 bits per heavy atom. The van der Waals surface area contributed by atoms with Crippen molar-refractivity contribution in [2.75, 3.05) is 35.0 Å². The van der Waals surface area contributed by atoms with Crippen LogP contribution in [0.1, 0.15) is 24.9 Å². The first-order chi connectivity index (χ1) is 9.73. The topological polar surface area (TPSA) is 49.0 Å². The normalized spacial score (nSPS) is 12.5. The van der Waals surface area contributed by atoms with Crippen LogP contribution < -0.4 is 14.8 Å². The maximum atomic E-state index is 5.46. The SMILES string of the molecule is CCCNC(c1c(OC)cccc1OC)C(OC)OC. The Morgan fingerprint density at radius 1 is 1.00 bits per heavy atom. The molecular formula is C15H25NO4. The summed E-state index contributed by atoms with van der Waals surface area (Å²) in [5.41, 5.74) is 0.902. The second kappa shape index (κ2) is 8.79. The molecule has 0 aliphatic carbocycles. The van der Waals surface area contributed by atoms with Crippen molar-refractivity contribution in [3.8, 4) is 11.5 Å². The van der Waals surface area contributed by atoms with Crippen molar-refractivity contribution < 1.29 is 18.9 Å². The van der Waals surface area contributed by atoms with E-state index in [0.29, 0.717) is 0 Å². The van der Waals surface area contributed by atoms with Crippen molar-refractivity contribution in [2.45, 2.75) is 25.7 Å². The van der Waals surface area contributed by atoms with Crippen LogP contribution in [0.2, 0.25) is 0 Å². The number of rotatable bonds is 9. The van der Waals surface area contributed by atoms with Gasteiger partial charge in [0.1, 0.15) is 11.5 Å². The van der Waals surface area contributed by atoms with Gasteiger partial charge in [0.2, 0.25) is 0 Å². The molecule has 0 saturated heterocycles. The molecule has 0 heterocycles. The van der Waals surface area contributed by atoms with Crippen molar-refractivity contribution in [1.82, 2.24) is 5.32 Å². The van der Waals surface area contributed by atoms with E-state index >= 15 is 0 Å². The van der Waals surface area contributed by atoms with Gasteiger partial charge in [-0.1, -0.05) is 13.0 Å². The van der Waals surface area contributed by atoms with Crippen LogP contribution in [0.4, 0.5) is 0 Å². The van der Waals surface area contributed by atoms with Gasteiger partial charge in [-0.15, -0.1) is 0 Å². The van der Waals surface area contributed by atoms with Crippen LogP contribution in [0.25, 0.3) is 0 Å². The molecule has 5 heteroatoms. The van der Waals surface area contributed by atoms with Crippen molar-refractivity contribution in [1.29, 1.82) is 0 Å². The van der Waals surface area contributed by atoms with Gasteiger partial charge in [-0.25, -0.2) is 0 Å². The van der Waals surface area contributed by atoms with Crippen LogP contribution in [-0.2, 0) is 9.47 Å². The van der Waals surface area contributed by atoms with Gasteiger partial charge in [0.15, 0.2) is 6.29 Å². The lowest BCUT2D eigenvalue weighted by Crippen LogP contribution is -2.35. The first-order valence-corrected chi connectivity index (χ1v) is 6.73. The summed E-state index contributed by atoms with van der Waals surface area (Å²) in [6.07, 6.45) is 0.584. The monoisotopic (exact) mass is 283 g/mol. The molecule has 1 aromatic carbocycles. The predicted molar refractivity (Wildman–Crippen MR) is 78.4 cm³/mol. The molecule has 0 aliphatic rings. The molecular weight excluding hydrogens is 258 g/mol. The molecule has 20 heavy (non-hydrogen) atoms. The van der Waals surface area contributed by atoms with Gasteiger partial charge in [-0.05, 0) is 25.1 Å². The average Bonchev–Trinajstić information content (AvgIpc) is 2.50. The van der Waals surface area contributed by atoms with E-state index in [4.69, 9.17) is 18.9 Å². The van der Waals surface area contributed by atoms with E-state index in [9.17, 15) is 0 Å². The highest BCUT2D eigenvalue weighted by Crippen LogP contribution is 2.36. The minimum Gasteiger partial charge on any atom is -0.496 e. The number of nitrogens with one attached hydrogen (secondary N) is 1. The van der Waals surface area contributed by atoms with Crippen LogP contribution in [-0.4, -0.2) is 41.3 Å². The molecule has 114 valence electrons. The third-order valence-electron chi connectivity index (χ3n) is 3.13. The summed E-state index contributed by atoms with van der Waals surface area (Å²) < 4.78 is 21.7. The van der Waals surface area contributed by atoms with E-state index in [1.165, 1.54) is 0 Å². The number of hydrogen-bond acceptors (Lipinski definition) is 5. The number of hydrogen-bond donors (Lipinski definition) is 1. The van der Waals surface area contributed by atoms with E-state index < -0.39 is 6.29 Å². The van der Waals surface area contributed by atoms with Crippen LogP contribution >= 0.6 is 0 Å². The molecule has 1 N–H and O–H groups in total. The second-order valence-corrected chi connectivity index (χ2v) is 4.35. The number of ether oxygens (including phenoxy) is 4. The average molecular weight is 283 g/mol. The summed E-state index contributed by atoms with van der Waals surface area (Å²) in [5, 5.41) is 3.43. The molecule has 0 bridgehead atoms. The van der Waals surface area contributed by atoms with Gasteiger partial charge in [0, 0.05) is 14.2 Å². The Kier molecular flexibility index (Phi) is 7.36. The molecule has 5 nitrogen and oxygen atoms in total. The van der Waals surface area contributed by atoms with Gasteiger partial charge in [-0.3, -0.25) is 0 Å². The summed E-state index contributed by atoms with van der Waals surface area (Å²) in [5.74, 6) is 1.49. The fourth-order valence-corrected chi connectivity index (χ4v) is 2.19.